The molecule has 0 radical (unpaired) electrons. The van der Waals surface area contributed by atoms with Crippen molar-refractivity contribution in [1.82, 2.24) is 0 Å². The number of aldehydes is 1. The minimum atomic E-state index is -0.833. The van der Waals surface area contributed by atoms with Gasteiger partial charge in [0.2, 0.25) is 0 Å². The fourth-order valence-corrected chi connectivity index (χ4v) is 2.91. The maximum Gasteiger partial charge on any atom is 0.342 e. The highest BCUT2D eigenvalue weighted by molar-refractivity contribution is 6.33. The van der Waals surface area contributed by atoms with Crippen LogP contribution in [-0.4, -0.2) is 34.9 Å². The number of rotatable bonds is 1. The summed E-state index contributed by atoms with van der Waals surface area (Å²) in [5.74, 6) is -1.92. The molecule has 1 aliphatic rings. The second-order valence-electron chi connectivity index (χ2n) is 5.83. The average molecular weight is 367 g/mol. The van der Waals surface area contributed by atoms with Crippen LogP contribution >= 0.6 is 11.6 Å². The van der Waals surface area contributed by atoms with Gasteiger partial charge in [-0.25, -0.2) is 4.79 Å². The zero-order valence-electron chi connectivity index (χ0n) is 13.6. The summed E-state index contributed by atoms with van der Waals surface area (Å²) in [6.45, 7) is 0.0154. The van der Waals surface area contributed by atoms with Crippen LogP contribution in [0, 0.1) is 0 Å². The quantitative estimate of drug-likeness (QED) is 0.585. The molecule has 1 aromatic carbocycles. The lowest BCUT2D eigenvalue weighted by Gasteiger charge is -2.14. The number of phenolic OH excluding ortho intramolecular Hbond substituents is 2. The number of ether oxygens (including phenoxy) is 1. The fraction of sp³-hybridized carbons (Fsp3) is 0.389. The molecule has 0 spiro atoms. The molecule has 0 unspecified atom stereocenters. The Kier molecular flexibility index (Phi) is 6.58. The van der Waals surface area contributed by atoms with E-state index in [2.05, 4.69) is 0 Å². The van der Waals surface area contributed by atoms with Gasteiger partial charge in [-0.2, -0.15) is 0 Å². The van der Waals surface area contributed by atoms with Gasteiger partial charge < -0.3 is 14.9 Å². The second kappa shape index (κ2) is 8.67. The summed E-state index contributed by atoms with van der Waals surface area (Å²) in [4.78, 5) is 35.5. The third-order valence-electron chi connectivity index (χ3n) is 3.98. The lowest BCUT2D eigenvalue weighted by atomic mass is 9.97. The van der Waals surface area contributed by atoms with Crippen LogP contribution in [0.1, 0.15) is 48.0 Å². The van der Waals surface area contributed by atoms with E-state index in [1.54, 1.807) is 6.08 Å². The van der Waals surface area contributed by atoms with Crippen molar-refractivity contribution in [3.63, 3.8) is 0 Å². The van der Waals surface area contributed by atoms with E-state index >= 15 is 0 Å². The highest BCUT2D eigenvalue weighted by Crippen LogP contribution is 2.37. The van der Waals surface area contributed by atoms with Gasteiger partial charge in [0.05, 0.1) is 11.6 Å². The Morgan fingerprint density at radius 2 is 1.84 bits per heavy atom. The highest BCUT2D eigenvalue weighted by atomic mass is 35.5. The fourth-order valence-electron chi connectivity index (χ4n) is 2.69. The normalized spacial score (nSPS) is 19.2. The molecule has 0 saturated carbocycles. The Balaban J connectivity index is 2.37. The van der Waals surface area contributed by atoms with Crippen molar-refractivity contribution < 1.29 is 29.3 Å². The number of hydrogen-bond acceptors (Lipinski definition) is 6. The van der Waals surface area contributed by atoms with Crippen LogP contribution in [0.25, 0.3) is 0 Å². The second-order valence-corrected chi connectivity index (χ2v) is 6.20. The first-order chi connectivity index (χ1) is 11.9. The number of fused-ring (bicyclic) bond motifs is 1. The third kappa shape index (κ3) is 4.82. The first-order valence-corrected chi connectivity index (χ1v) is 8.38. The van der Waals surface area contributed by atoms with Gasteiger partial charge in [-0.15, -0.1) is 0 Å². The topological polar surface area (TPSA) is 101 Å². The van der Waals surface area contributed by atoms with Crippen molar-refractivity contribution in [2.45, 2.75) is 38.5 Å². The molecule has 0 bridgehead atoms. The first-order valence-electron chi connectivity index (χ1n) is 8.00. The molecule has 1 aromatic rings. The van der Waals surface area contributed by atoms with Gasteiger partial charge >= 0.3 is 5.97 Å². The SMILES string of the molecule is O=C/C1=C\CCOC(=O)c2c(O)cc(O)c(Cl)c2CC(=O)CCCC1. The third-order valence-corrected chi connectivity index (χ3v) is 4.40. The average Bonchev–Trinajstić information content (AvgIpc) is 2.57. The first kappa shape index (κ1) is 19.0. The number of aromatic hydroxyl groups is 2. The number of hydrogen-bond donors (Lipinski definition) is 2. The van der Waals surface area contributed by atoms with E-state index in [-0.39, 0.29) is 41.4 Å². The molecule has 0 aliphatic carbocycles. The summed E-state index contributed by atoms with van der Waals surface area (Å²) in [6.07, 6.45) is 4.70. The Labute approximate surface area is 150 Å². The zero-order chi connectivity index (χ0) is 18.4. The number of Topliss-reactive ketones (excluding diaryl/α,β-unsaturated/α-hetero) is 1. The lowest BCUT2D eigenvalue weighted by Crippen LogP contribution is -2.13. The number of ketones is 1. The predicted octanol–water partition coefficient (Wildman–Crippen LogP) is 3.11. The number of cyclic esters (lactones) is 1. The Morgan fingerprint density at radius 1 is 1.12 bits per heavy atom. The van der Waals surface area contributed by atoms with E-state index in [1.807, 2.05) is 0 Å². The molecular formula is C18H19ClO6. The Morgan fingerprint density at radius 3 is 2.56 bits per heavy atom. The van der Waals surface area contributed by atoms with Gasteiger partial charge in [0.15, 0.2) is 0 Å². The smallest absolute Gasteiger partial charge is 0.342 e. The molecule has 0 aromatic heterocycles. The largest absolute Gasteiger partial charge is 0.507 e. The van der Waals surface area contributed by atoms with Crippen LogP contribution in [0.4, 0.5) is 0 Å². The number of allylic oxidation sites excluding steroid dienone is 1. The highest BCUT2D eigenvalue weighted by Gasteiger charge is 2.25. The van der Waals surface area contributed by atoms with E-state index in [1.165, 1.54) is 0 Å². The van der Waals surface area contributed by atoms with Gasteiger partial charge in [0, 0.05) is 30.9 Å². The van der Waals surface area contributed by atoms with E-state index in [0.29, 0.717) is 31.3 Å². The molecule has 1 heterocycles. The Bertz CT molecular complexity index is 723. The van der Waals surface area contributed by atoms with Crippen molar-refractivity contribution in [3.05, 3.63) is 33.9 Å². The molecule has 0 fully saturated rings. The van der Waals surface area contributed by atoms with Crippen LogP contribution < -0.4 is 0 Å². The monoisotopic (exact) mass is 366 g/mol. The molecule has 7 heteroatoms. The number of phenols is 2. The molecular weight excluding hydrogens is 348 g/mol. The number of carbonyl (C=O) groups excluding carboxylic acids is 3. The maximum atomic E-state index is 12.3. The Hall–Kier alpha value is -2.34. The predicted molar refractivity (Wildman–Crippen MR) is 91.0 cm³/mol. The van der Waals surface area contributed by atoms with Gasteiger partial charge in [0.1, 0.15) is 29.1 Å². The molecule has 1 aliphatic heterocycles. The number of carbonyl (C=O) groups is 3. The van der Waals surface area contributed by atoms with Crippen LogP contribution in [0.2, 0.25) is 5.02 Å². The lowest BCUT2D eigenvalue weighted by molar-refractivity contribution is -0.118. The van der Waals surface area contributed by atoms with Gasteiger partial charge in [-0.3, -0.25) is 9.59 Å². The van der Waals surface area contributed by atoms with Crippen LogP contribution in [-0.2, 0) is 20.7 Å². The summed E-state index contributed by atoms with van der Waals surface area (Å²) in [7, 11) is 0. The molecule has 6 nitrogen and oxygen atoms in total. The molecule has 2 N–H and O–H groups in total. The molecule has 25 heavy (non-hydrogen) atoms. The minimum Gasteiger partial charge on any atom is -0.507 e. The summed E-state index contributed by atoms with van der Waals surface area (Å²) in [5.41, 5.74) is 0.458. The summed E-state index contributed by atoms with van der Waals surface area (Å²) in [5, 5.41) is 19.6. The molecule has 2 rings (SSSR count). The molecule has 0 saturated heterocycles. The van der Waals surface area contributed by atoms with Crippen molar-refractivity contribution in [3.8, 4) is 11.5 Å². The van der Waals surface area contributed by atoms with Gasteiger partial charge in [-0.05, 0) is 24.8 Å². The molecule has 134 valence electrons. The van der Waals surface area contributed by atoms with Crippen molar-refractivity contribution >= 4 is 29.6 Å². The summed E-state index contributed by atoms with van der Waals surface area (Å²) in [6, 6.07) is 0.945. The molecule has 0 atom stereocenters. The number of halogens is 1. The zero-order valence-corrected chi connectivity index (χ0v) is 14.3. The van der Waals surface area contributed by atoms with Crippen LogP contribution in [0.3, 0.4) is 0 Å². The van der Waals surface area contributed by atoms with E-state index in [4.69, 9.17) is 16.3 Å². The van der Waals surface area contributed by atoms with Crippen molar-refractivity contribution in [2.24, 2.45) is 0 Å². The number of esters is 1. The summed E-state index contributed by atoms with van der Waals surface area (Å²) < 4.78 is 5.11. The summed E-state index contributed by atoms with van der Waals surface area (Å²) >= 11 is 6.03. The van der Waals surface area contributed by atoms with Gasteiger partial charge in [-0.1, -0.05) is 17.7 Å². The van der Waals surface area contributed by atoms with Crippen LogP contribution in [0.5, 0.6) is 11.5 Å². The maximum absolute atomic E-state index is 12.3. The standard InChI is InChI=1S/C18H19ClO6/c19-17-13-8-12(21)6-2-1-4-11(10-20)5-3-7-25-18(24)16(13)14(22)9-15(17)23/h5,9-10,22-23H,1-4,6-8H2/b11-5-. The van der Waals surface area contributed by atoms with Crippen molar-refractivity contribution in [2.75, 3.05) is 6.61 Å². The number of benzene rings is 1. The van der Waals surface area contributed by atoms with Gasteiger partial charge in [0.25, 0.3) is 0 Å². The minimum absolute atomic E-state index is 0.0154. The van der Waals surface area contributed by atoms with Crippen molar-refractivity contribution in [1.29, 1.82) is 0 Å². The van der Waals surface area contributed by atoms with E-state index in [0.717, 1.165) is 12.4 Å². The van der Waals surface area contributed by atoms with E-state index in [9.17, 15) is 24.6 Å². The van der Waals surface area contributed by atoms with E-state index < -0.39 is 17.5 Å². The molecule has 0 amide bonds. The van der Waals surface area contributed by atoms with Crippen LogP contribution in [0.15, 0.2) is 17.7 Å².